The Morgan fingerprint density at radius 3 is 2.48 bits per heavy atom. The molecule has 0 saturated carbocycles. The first-order chi connectivity index (χ1) is 11.2. The number of nitrogens with zero attached hydrogens (tertiary/aromatic N) is 2. The van der Waals surface area contributed by atoms with Crippen molar-refractivity contribution in [1.82, 2.24) is 9.78 Å². The number of rotatable bonds is 5. The van der Waals surface area contributed by atoms with Gasteiger partial charge in [-0.1, -0.05) is 12.1 Å². The molecule has 1 heterocycles. The monoisotopic (exact) mass is 314 g/mol. The van der Waals surface area contributed by atoms with E-state index in [1.807, 2.05) is 24.3 Å². The van der Waals surface area contributed by atoms with Crippen LogP contribution in [-0.4, -0.2) is 16.9 Å². The van der Waals surface area contributed by atoms with E-state index in [1.165, 1.54) is 28.9 Å². The Morgan fingerprint density at radius 1 is 1.13 bits per heavy atom. The lowest BCUT2D eigenvalue weighted by Crippen LogP contribution is -2.17. The Balaban J connectivity index is 1.73. The van der Waals surface area contributed by atoms with Gasteiger partial charge < -0.3 is 9.15 Å². The lowest BCUT2D eigenvalue weighted by Gasteiger charge is -2.02. The van der Waals surface area contributed by atoms with E-state index in [1.54, 1.807) is 7.11 Å². The molecule has 23 heavy (non-hydrogen) atoms. The molecule has 0 unspecified atom stereocenters. The van der Waals surface area contributed by atoms with Crippen molar-refractivity contribution in [2.75, 3.05) is 7.11 Å². The zero-order chi connectivity index (χ0) is 16.2. The maximum absolute atomic E-state index is 12.9. The highest BCUT2D eigenvalue weighted by Gasteiger charge is 2.10. The van der Waals surface area contributed by atoms with Crippen molar-refractivity contribution in [3.8, 4) is 17.2 Å². The fraction of sp³-hybridized carbons (Fsp3) is 0.176. The molecule has 0 aliphatic rings. The summed E-state index contributed by atoms with van der Waals surface area (Å²) in [5, 5.41) is 4.15. The van der Waals surface area contributed by atoms with Gasteiger partial charge in [0.2, 0.25) is 5.89 Å². The number of methoxy groups -OCH3 is 1. The van der Waals surface area contributed by atoms with Crippen molar-refractivity contribution in [1.29, 1.82) is 0 Å². The first-order valence-electron chi connectivity index (χ1n) is 7.12. The maximum atomic E-state index is 12.9. The zero-order valence-electron chi connectivity index (χ0n) is 12.5. The normalized spacial score (nSPS) is 10.7. The first kappa shape index (κ1) is 15.0. The van der Waals surface area contributed by atoms with Gasteiger partial charge in [-0.15, -0.1) is 5.10 Å². The van der Waals surface area contributed by atoms with Gasteiger partial charge in [0.05, 0.1) is 13.7 Å². The predicted octanol–water partition coefficient (Wildman–Crippen LogP) is 2.89. The third-order valence-corrected chi connectivity index (χ3v) is 3.47. The van der Waals surface area contributed by atoms with Crippen LogP contribution in [0.5, 0.6) is 5.75 Å². The number of benzene rings is 2. The van der Waals surface area contributed by atoms with Gasteiger partial charge in [-0.05, 0) is 48.4 Å². The molecule has 118 valence electrons. The van der Waals surface area contributed by atoms with Gasteiger partial charge in [0.15, 0.2) is 0 Å². The van der Waals surface area contributed by atoms with Crippen LogP contribution in [0, 0.1) is 5.82 Å². The van der Waals surface area contributed by atoms with E-state index < -0.39 is 5.76 Å². The molecule has 1 aromatic heterocycles. The zero-order valence-corrected chi connectivity index (χ0v) is 12.5. The molecule has 2 aromatic carbocycles. The number of aromatic nitrogens is 2. The molecule has 3 aromatic rings. The molecular weight excluding hydrogens is 299 g/mol. The van der Waals surface area contributed by atoms with E-state index in [2.05, 4.69) is 5.10 Å². The summed E-state index contributed by atoms with van der Waals surface area (Å²) in [7, 11) is 1.61. The second-order valence-electron chi connectivity index (χ2n) is 5.00. The molecular formula is C17H15FN2O3. The van der Waals surface area contributed by atoms with Crippen molar-refractivity contribution < 1.29 is 13.5 Å². The van der Waals surface area contributed by atoms with Crippen LogP contribution in [-0.2, 0) is 13.0 Å². The Morgan fingerprint density at radius 2 is 1.83 bits per heavy atom. The van der Waals surface area contributed by atoms with E-state index in [9.17, 15) is 9.18 Å². The van der Waals surface area contributed by atoms with Crippen molar-refractivity contribution in [3.63, 3.8) is 0 Å². The summed E-state index contributed by atoms with van der Waals surface area (Å²) in [6, 6.07) is 13.2. The van der Waals surface area contributed by atoms with Gasteiger partial charge in [-0.3, -0.25) is 0 Å². The number of halogens is 1. The van der Waals surface area contributed by atoms with Crippen molar-refractivity contribution in [2.24, 2.45) is 0 Å². The largest absolute Gasteiger partial charge is 0.497 e. The molecule has 0 N–H and O–H groups in total. The molecule has 0 aliphatic heterocycles. The SMILES string of the molecule is COc1ccc(CCn2nc(-c3ccc(F)cc3)oc2=O)cc1. The minimum absolute atomic E-state index is 0.185. The summed E-state index contributed by atoms with van der Waals surface area (Å²) < 4.78 is 24.4. The average molecular weight is 314 g/mol. The topological polar surface area (TPSA) is 57.3 Å². The van der Waals surface area contributed by atoms with Crippen LogP contribution in [0.2, 0.25) is 0 Å². The fourth-order valence-corrected chi connectivity index (χ4v) is 2.18. The quantitative estimate of drug-likeness (QED) is 0.726. The van der Waals surface area contributed by atoms with E-state index in [0.29, 0.717) is 18.5 Å². The third-order valence-electron chi connectivity index (χ3n) is 3.47. The Kier molecular flexibility index (Phi) is 4.23. The average Bonchev–Trinajstić information content (AvgIpc) is 2.95. The van der Waals surface area contributed by atoms with Crippen LogP contribution < -0.4 is 10.5 Å². The molecule has 0 amide bonds. The fourth-order valence-electron chi connectivity index (χ4n) is 2.18. The number of ether oxygens (including phenoxy) is 1. The second kappa shape index (κ2) is 6.48. The number of hydrogen-bond donors (Lipinski definition) is 0. The van der Waals surface area contributed by atoms with Gasteiger partial charge in [-0.25, -0.2) is 9.18 Å². The molecule has 3 rings (SSSR count). The van der Waals surface area contributed by atoms with Crippen molar-refractivity contribution >= 4 is 0 Å². The lowest BCUT2D eigenvalue weighted by molar-refractivity contribution is 0.414. The standard InChI is InChI=1S/C17H15FN2O3/c1-22-15-8-2-12(3-9-15)10-11-20-17(21)23-16(19-20)13-4-6-14(18)7-5-13/h2-9H,10-11H2,1H3. The lowest BCUT2D eigenvalue weighted by atomic mass is 10.1. The molecule has 6 heteroatoms. The van der Waals surface area contributed by atoms with Crippen LogP contribution in [0.3, 0.4) is 0 Å². The minimum atomic E-state index is -0.530. The highest BCUT2D eigenvalue weighted by Crippen LogP contribution is 2.16. The van der Waals surface area contributed by atoms with Crippen LogP contribution in [0.15, 0.2) is 57.7 Å². The van der Waals surface area contributed by atoms with Gasteiger partial charge >= 0.3 is 5.76 Å². The Labute approximate surface area is 131 Å². The second-order valence-corrected chi connectivity index (χ2v) is 5.00. The first-order valence-corrected chi connectivity index (χ1v) is 7.12. The maximum Gasteiger partial charge on any atom is 0.437 e. The van der Waals surface area contributed by atoms with E-state index in [0.717, 1.165) is 11.3 Å². The third kappa shape index (κ3) is 3.48. The summed E-state index contributed by atoms with van der Waals surface area (Å²) in [6.07, 6.45) is 0.638. The minimum Gasteiger partial charge on any atom is -0.497 e. The molecule has 0 aliphatic carbocycles. The van der Waals surface area contributed by atoms with Gasteiger partial charge in [0.1, 0.15) is 11.6 Å². The van der Waals surface area contributed by atoms with E-state index >= 15 is 0 Å². The van der Waals surface area contributed by atoms with E-state index in [4.69, 9.17) is 9.15 Å². The molecule has 0 radical (unpaired) electrons. The van der Waals surface area contributed by atoms with Crippen molar-refractivity contribution in [3.05, 3.63) is 70.5 Å². The van der Waals surface area contributed by atoms with Crippen LogP contribution >= 0.6 is 0 Å². The highest BCUT2D eigenvalue weighted by molar-refractivity contribution is 5.51. The van der Waals surface area contributed by atoms with Crippen LogP contribution in [0.1, 0.15) is 5.56 Å². The molecule has 0 fully saturated rings. The van der Waals surface area contributed by atoms with Gasteiger partial charge in [0.25, 0.3) is 0 Å². The molecule has 0 atom stereocenters. The van der Waals surface area contributed by atoms with Gasteiger partial charge in [-0.2, -0.15) is 4.68 Å². The summed E-state index contributed by atoms with van der Waals surface area (Å²) >= 11 is 0. The van der Waals surface area contributed by atoms with Crippen LogP contribution in [0.25, 0.3) is 11.5 Å². The molecule has 0 bridgehead atoms. The molecule has 5 nitrogen and oxygen atoms in total. The summed E-state index contributed by atoms with van der Waals surface area (Å²) in [4.78, 5) is 11.8. The van der Waals surface area contributed by atoms with Crippen molar-refractivity contribution in [2.45, 2.75) is 13.0 Å². The summed E-state index contributed by atoms with van der Waals surface area (Å²) in [6.45, 7) is 0.399. The van der Waals surface area contributed by atoms with E-state index in [-0.39, 0.29) is 11.7 Å². The number of aryl methyl sites for hydroxylation is 2. The summed E-state index contributed by atoms with van der Waals surface area (Å²) in [5.74, 6) is 0.0866. The molecule has 0 saturated heterocycles. The van der Waals surface area contributed by atoms with Gasteiger partial charge in [0, 0.05) is 5.56 Å². The molecule has 0 spiro atoms. The van der Waals surface area contributed by atoms with Crippen LogP contribution in [0.4, 0.5) is 4.39 Å². The smallest absolute Gasteiger partial charge is 0.437 e. The number of hydrogen-bond acceptors (Lipinski definition) is 4. The summed E-state index contributed by atoms with van der Waals surface area (Å²) in [5.41, 5.74) is 1.62. The highest BCUT2D eigenvalue weighted by atomic mass is 19.1. The Bertz CT molecular complexity index is 836. The Hall–Kier alpha value is -2.89. The predicted molar refractivity (Wildman–Crippen MR) is 82.9 cm³/mol.